The fourth-order valence-electron chi connectivity index (χ4n) is 8.00. The van der Waals surface area contributed by atoms with Crippen molar-refractivity contribution in [3.8, 4) is 28.0 Å². The highest BCUT2D eigenvalue weighted by Crippen LogP contribution is 2.58. The van der Waals surface area contributed by atoms with E-state index in [1.54, 1.807) is 14.0 Å². The number of methoxy groups -OCH3 is 1. The van der Waals surface area contributed by atoms with Crippen molar-refractivity contribution in [2.45, 2.75) is 39.2 Å². The molecule has 62 heavy (non-hydrogen) atoms. The predicted octanol–water partition coefficient (Wildman–Crippen LogP) is 9.13. The molecule has 0 bridgehead atoms. The molecule has 1 atom stereocenters. The molecule has 0 saturated heterocycles. The van der Waals surface area contributed by atoms with E-state index >= 15 is 0 Å². The number of benzene rings is 5. The van der Waals surface area contributed by atoms with Crippen molar-refractivity contribution >= 4 is 21.9 Å². The Balaban J connectivity index is 1.43. The van der Waals surface area contributed by atoms with Crippen molar-refractivity contribution in [1.82, 2.24) is 0 Å². The zero-order valence-electron chi connectivity index (χ0n) is 36.3. The highest BCUT2D eigenvalue weighted by molar-refractivity contribution is 9.10. The number of rotatable bonds is 26. The summed E-state index contributed by atoms with van der Waals surface area (Å²) in [6.45, 7) is 11.2. The van der Waals surface area contributed by atoms with E-state index < -0.39 is 11.4 Å². The summed E-state index contributed by atoms with van der Waals surface area (Å²) in [5.74, 6) is -0.0378. The number of carbonyl (C=O) groups excluding carboxylic acids is 1. The van der Waals surface area contributed by atoms with Gasteiger partial charge < -0.3 is 43.0 Å². The van der Waals surface area contributed by atoms with Crippen molar-refractivity contribution in [2.75, 3.05) is 93.0 Å². The molecule has 0 spiro atoms. The largest absolute Gasteiger partial charge is 0.490 e. The smallest absolute Gasteiger partial charge is 0.341 e. The standard InChI is InChI=1S/C51H59BrO10/c1-5-37-31-41(14-12-40(37)35-60-27-26-58-23-22-56-19-18-53)51(42-15-17-49(45(33-42)50(54)61-6-2)62-29-28-59-25-24-57-21-20-55-4)46-32-39(38-10-8-7-9-11-38)13-16-43(46)44-30-36(3)48(52)34-47(44)51/h7-17,30-34,53H,5-6,18-29,35H2,1-4H3. The molecule has 0 fully saturated rings. The van der Waals surface area contributed by atoms with Gasteiger partial charge in [0.2, 0.25) is 0 Å². The van der Waals surface area contributed by atoms with Crippen LogP contribution in [0.5, 0.6) is 5.75 Å². The van der Waals surface area contributed by atoms with Gasteiger partial charge in [-0.25, -0.2) is 4.79 Å². The van der Waals surface area contributed by atoms with Crippen LogP contribution in [0.4, 0.5) is 0 Å². The second-order valence-corrected chi connectivity index (χ2v) is 15.7. The zero-order chi connectivity index (χ0) is 43.7. The molecule has 0 aromatic heterocycles. The maximum absolute atomic E-state index is 13.9. The topological polar surface area (TPSA) is 111 Å². The summed E-state index contributed by atoms with van der Waals surface area (Å²) in [6.07, 6.45) is 0.783. The van der Waals surface area contributed by atoms with E-state index in [1.807, 2.05) is 18.2 Å². The fourth-order valence-corrected chi connectivity index (χ4v) is 8.34. The number of fused-ring (bicyclic) bond motifs is 3. The number of hydrogen-bond donors (Lipinski definition) is 1. The fraction of sp³-hybridized carbons (Fsp3) is 0.392. The molecule has 330 valence electrons. The van der Waals surface area contributed by atoms with Gasteiger partial charge in [-0.15, -0.1) is 0 Å². The van der Waals surface area contributed by atoms with Crippen LogP contribution in [0.3, 0.4) is 0 Å². The SMILES string of the molecule is CCOC(=O)c1cc(C2(c3ccc(COCCOCCOCCO)c(CC)c3)c3cc(-c4ccccc4)ccc3-c3cc(C)c(Br)cc32)ccc1OCCOCCOCCOC. The lowest BCUT2D eigenvalue weighted by atomic mass is 9.66. The van der Waals surface area contributed by atoms with Crippen LogP contribution in [0.2, 0.25) is 0 Å². The van der Waals surface area contributed by atoms with E-state index in [2.05, 4.69) is 109 Å². The van der Waals surface area contributed by atoms with Gasteiger partial charge in [0.1, 0.15) is 17.9 Å². The molecule has 1 unspecified atom stereocenters. The van der Waals surface area contributed by atoms with Crippen molar-refractivity contribution in [1.29, 1.82) is 0 Å². The summed E-state index contributed by atoms with van der Waals surface area (Å²) < 4.78 is 46.3. The number of aryl methyl sites for hydroxylation is 2. The molecular formula is C51H59BrO10. The van der Waals surface area contributed by atoms with Gasteiger partial charge >= 0.3 is 5.97 Å². The van der Waals surface area contributed by atoms with Crippen LogP contribution in [-0.2, 0) is 51.6 Å². The summed E-state index contributed by atoms with van der Waals surface area (Å²) in [5.41, 5.74) is 11.5. The molecule has 0 saturated carbocycles. The lowest BCUT2D eigenvalue weighted by molar-refractivity contribution is 0.00442. The Labute approximate surface area is 374 Å². The molecule has 1 aliphatic rings. The van der Waals surface area contributed by atoms with E-state index in [4.69, 9.17) is 43.0 Å². The molecule has 10 nitrogen and oxygen atoms in total. The minimum atomic E-state index is -0.855. The van der Waals surface area contributed by atoms with Gasteiger partial charge in [-0.3, -0.25) is 0 Å². The molecule has 6 rings (SSSR count). The van der Waals surface area contributed by atoms with Crippen LogP contribution in [0, 0.1) is 6.92 Å². The Morgan fingerprint density at radius 3 is 1.97 bits per heavy atom. The Kier molecular flexibility index (Phi) is 18.1. The van der Waals surface area contributed by atoms with Gasteiger partial charge in [-0.1, -0.05) is 89.6 Å². The van der Waals surface area contributed by atoms with Gasteiger partial charge in [0, 0.05) is 11.6 Å². The normalized spacial score (nSPS) is 14.2. The van der Waals surface area contributed by atoms with Gasteiger partial charge in [0.15, 0.2) is 0 Å². The number of halogens is 1. The van der Waals surface area contributed by atoms with Gasteiger partial charge in [-0.2, -0.15) is 0 Å². The molecule has 11 heteroatoms. The number of hydrogen-bond acceptors (Lipinski definition) is 10. The van der Waals surface area contributed by atoms with Crippen molar-refractivity contribution in [2.24, 2.45) is 0 Å². The zero-order valence-corrected chi connectivity index (χ0v) is 37.9. The highest BCUT2D eigenvalue weighted by atomic mass is 79.9. The van der Waals surface area contributed by atoms with E-state index in [0.717, 1.165) is 72.1 Å². The Morgan fingerprint density at radius 1 is 0.629 bits per heavy atom. The Bertz CT molecular complexity index is 2210. The molecule has 0 amide bonds. The predicted molar refractivity (Wildman–Crippen MR) is 244 cm³/mol. The number of esters is 1. The molecule has 0 heterocycles. The van der Waals surface area contributed by atoms with E-state index in [1.165, 1.54) is 0 Å². The molecule has 0 radical (unpaired) electrons. The van der Waals surface area contributed by atoms with E-state index in [-0.39, 0.29) is 19.8 Å². The van der Waals surface area contributed by atoms with Crippen molar-refractivity contribution in [3.05, 3.63) is 146 Å². The first-order valence-electron chi connectivity index (χ1n) is 21.4. The second-order valence-electron chi connectivity index (χ2n) is 14.9. The maximum Gasteiger partial charge on any atom is 0.341 e. The Hall–Kier alpha value is -4.43. The number of aliphatic hydroxyl groups is 1. The molecule has 1 N–H and O–H groups in total. The minimum absolute atomic E-state index is 0.00608. The van der Waals surface area contributed by atoms with Crippen LogP contribution in [-0.4, -0.2) is 104 Å². The summed E-state index contributed by atoms with van der Waals surface area (Å²) in [5, 5.41) is 8.91. The third kappa shape index (κ3) is 11.2. The van der Waals surface area contributed by atoms with Crippen LogP contribution >= 0.6 is 15.9 Å². The van der Waals surface area contributed by atoms with Crippen molar-refractivity contribution in [3.63, 3.8) is 0 Å². The van der Waals surface area contributed by atoms with E-state index in [0.29, 0.717) is 84.0 Å². The quantitative estimate of drug-likeness (QED) is 0.0418. The first-order valence-corrected chi connectivity index (χ1v) is 22.2. The third-order valence-electron chi connectivity index (χ3n) is 11.0. The summed E-state index contributed by atoms with van der Waals surface area (Å²) in [7, 11) is 1.64. The minimum Gasteiger partial charge on any atom is -0.490 e. The number of aliphatic hydroxyl groups excluding tert-OH is 1. The lowest BCUT2D eigenvalue weighted by Crippen LogP contribution is -2.29. The number of carbonyl (C=O) groups is 1. The van der Waals surface area contributed by atoms with Crippen LogP contribution in [0.15, 0.2) is 102 Å². The van der Waals surface area contributed by atoms with Crippen LogP contribution in [0.1, 0.15) is 63.1 Å². The Morgan fingerprint density at radius 2 is 1.27 bits per heavy atom. The van der Waals surface area contributed by atoms with Crippen LogP contribution < -0.4 is 4.74 Å². The van der Waals surface area contributed by atoms with Crippen LogP contribution in [0.25, 0.3) is 22.3 Å². The average Bonchev–Trinajstić information content (AvgIpc) is 3.57. The molecule has 0 aliphatic heterocycles. The van der Waals surface area contributed by atoms with Gasteiger partial charge in [0.05, 0.1) is 91.3 Å². The lowest BCUT2D eigenvalue weighted by Gasteiger charge is -2.35. The number of ether oxygens (including phenoxy) is 8. The third-order valence-corrected chi connectivity index (χ3v) is 11.8. The first-order chi connectivity index (χ1) is 30.4. The monoisotopic (exact) mass is 910 g/mol. The highest BCUT2D eigenvalue weighted by Gasteiger charge is 2.47. The molecular weight excluding hydrogens is 852 g/mol. The van der Waals surface area contributed by atoms with Gasteiger partial charge in [-0.05, 0) is 112 Å². The first kappa shape index (κ1) is 47.1. The second kappa shape index (κ2) is 23.9. The summed E-state index contributed by atoms with van der Waals surface area (Å²) >= 11 is 3.91. The molecule has 5 aromatic carbocycles. The maximum atomic E-state index is 13.9. The van der Waals surface area contributed by atoms with Gasteiger partial charge in [0.25, 0.3) is 0 Å². The van der Waals surface area contributed by atoms with Crippen molar-refractivity contribution < 1.29 is 47.8 Å². The average molecular weight is 912 g/mol. The summed E-state index contributed by atoms with van der Waals surface area (Å²) in [6, 6.07) is 34.3. The molecule has 1 aliphatic carbocycles. The van der Waals surface area contributed by atoms with E-state index in [9.17, 15) is 4.79 Å². The molecule has 5 aromatic rings. The summed E-state index contributed by atoms with van der Waals surface area (Å²) in [4.78, 5) is 13.9.